The van der Waals surface area contributed by atoms with Crippen LogP contribution in [0, 0.1) is 0 Å². The molecule has 1 saturated heterocycles. The van der Waals surface area contributed by atoms with E-state index in [-0.39, 0.29) is 18.0 Å². The summed E-state index contributed by atoms with van der Waals surface area (Å²) in [5, 5.41) is 3.89. The maximum Gasteiger partial charge on any atom is 0.237 e. The SMILES string of the molecule is CC(NC(=O)C(C)N1CCN(c2cccc(Cl)c2)CC1)c1ccccc1. The monoisotopic (exact) mass is 371 g/mol. The number of carbonyl (C=O) groups excluding carboxylic acids is 1. The molecule has 3 rings (SSSR count). The molecular weight excluding hydrogens is 346 g/mol. The van der Waals surface area contributed by atoms with E-state index in [4.69, 9.17) is 11.6 Å². The molecule has 0 bridgehead atoms. The Bertz CT molecular complexity index is 729. The van der Waals surface area contributed by atoms with Gasteiger partial charge in [0.1, 0.15) is 0 Å². The summed E-state index contributed by atoms with van der Waals surface area (Å²) in [6, 6.07) is 17.9. The number of halogens is 1. The van der Waals surface area contributed by atoms with E-state index >= 15 is 0 Å². The average Bonchev–Trinajstić information content (AvgIpc) is 2.68. The van der Waals surface area contributed by atoms with Gasteiger partial charge in [-0.2, -0.15) is 0 Å². The summed E-state index contributed by atoms with van der Waals surface area (Å²) in [5.74, 6) is 0.0811. The number of nitrogens with one attached hydrogen (secondary N) is 1. The Balaban J connectivity index is 1.53. The standard InChI is InChI=1S/C21H26ClN3O/c1-16(18-7-4-3-5-8-18)23-21(26)17(2)24-11-13-25(14-12-24)20-10-6-9-19(22)15-20/h3-10,15-17H,11-14H2,1-2H3,(H,23,26). The Morgan fingerprint density at radius 3 is 2.35 bits per heavy atom. The maximum atomic E-state index is 12.6. The molecule has 5 heteroatoms. The summed E-state index contributed by atoms with van der Waals surface area (Å²) in [4.78, 5) is 17.2. The van der Waals surface area contributed by atoms with Gasteiger partial charge in [-0.1, -0.05) is 48.0 Å². The number of rotatable bonds is 5. The summed E-state index contributed by atoms with van der Waals surface area (Å²) in [5.41, 5.74) is 2.27. The molecule has 2 unspecified atom stereocenters. The smallest absolute Gasteiger partial charge is 0.237 e. The molecule has 26 heavy (non-hydrogen) atoms. The highest BCUT2D eigenvalue weighted by Gasteiger charge is 2.26. The van der Waals surface area contributed by atoms with Crippen LogP contribution in [-0.4, -0.2) is 43.0 Å². The third kappa shape index (κ3) is 4.57. The maximum absolute atomic E-state index is 12.6. The molecule has 0 saturated carbocycles. The molecule has 2 aromatic carbocycles. The Hall–Kier alpha value is -2.04. The van der Waals surface area contributed by atoms with Gasteiger partial charge in [0.15, 0.2) is 0 Å². The van der Waals surface area contributed by atoms with Crippen molar-refractivity contribution in [2.24, 2.45) is 0 Å². The number of nitrogens with zero attached hydrogens (tertiary/aromatic N) is 2. The summed E-state index contributed by atoms with van der Waals surface area (Å²) in [7, 11) is 0. The van der Waals surface area contributed by atoms with Crippen LogP contribution in [0.1, 0.15) is 25.5 Å². The number of benzene rings is 2. The first kappa shape index (κ1) is 18.7. The fraction of sp³-hybridized carbons (Fsp3) is 0.381. The van der Waals surface area contributed by atoms with Crippen LogP contribution in [0.2, 0.25) is 5.02 Å². The van der Waals surface area contributed by atoms with E-state index < -0.39 is 0 Å². The highest BCUT2D eigenvalue weighted by molar-refractivity contribution is 6.30. The normalized spacial score (nSPS) is 17.6. The van der Waals surface area contributed by atoms with Gasteiger partial charge < -0.3 is 10.2 Å². The van der Waals surface area contributed by atoms with E-state index in [1.807, 2.05) is 62.4 Å². The zero-order valence-electron chi connectivity index (χ0n) is 15.4. The number of anilines is 1. The molecule has 1 aliphatic heterocycles. The molecule has 1 aliphatic rings. The largest absolute Gasteiger partial charge is 0.369 e. The van der Waals surface area contributed by atoms with Gasteiger partial charge in [0, 0.05) is 36.9 Å². The molecule has 1 amide bonds. The summed E-state index contributed by atoms with van der Waals surface area (Å²) >= 11 is 6.09. The van der Waals surface area contributed by atoms with E-state index in [1.54, 1.807) is 0 Å². The molecule has 4 nitrogen and oxygen atoms in total. The van der Waals surface area contributed by atoms with Gasteiger partial charge in [-0.25, -0.2) is 0 Å². The van der Waals surface area contributed by atoms with Crippen LogP contribution < -0.4 is 10.2 Å². The van der Waals surface area contributed by atoms with Gasteiger partial charge in [-0.15, -0.1) is 0 Å². The molecule has 138 valence electrons. The first-order chi connectivity index (χ1) is 12.5. The molecule has 2 atom stereocenters. The molecule has 1 N–H and O–H groups in total. The van der Waals surface area contributed by atoms with Crippen molar-refractivity contribution in [3.05, 3.63) is 65.2 Å². The second-order valence-electron chi connectivity index (χ2n) is 6.82. The number of piperazine rings is 1. The van der Waals surface area contributed by atoms with Gasteiger partial charge in [-0.3, -0.25) is 9.69 Å². The molecule has 2 aromatic rings. The minimum absolute atomic E-state index is 0.0129. The van der Waals surface area contributed by atoms with Crippen molar-refractivity contribution in [3.8, 4) is 0 Å². The van der Waals surface area contributed by atoms with Crippen LogP contribution in [0.4, 0.5) is 5.69 Å². The second-order valence-corrected chi connectivity index (χ2v) is 7.26. The lowest BCUT2D eigenvalue weighted by Gasteiger charge is -2.38. The second kappa shape index (κ2) is 8.56. The van der Waals surface area contributed by atoms with E-state index in [0.717, 1.165) is 42.5 Å². The van der Waals surface area contributed by atoms with E-state index in [9.17, 15) is 4.79 Å². The predicted octanol–water partition coefficient (Wildman–Crippen LogP) is 3.73. The van der Waals surface area contributed by atoms with Crippen LogP contribution in [0.25, 0.3) is 0 Å². The molecule has 0 radical (unpaired) electrons. The first-order valence-corrected chi connectivity index (χ1v) is 9.52. The summed E-state index contributed by atoms with van der Waals surface area (Å²) < 4.78 is 0. The van der Waals surface area contributed by atoms with Crippen molar-refractivity contribution in [2.75, 3.05) is 31.1 Å². The molecule has 1 fully saturated rings. The van der Waals surface area contributed by atoms with Crippen molar-refractivity contribution in [1.82, 2.24) is 10.2 Å². The summed E-state index contributed by atoms with van der Waals surface area (Å²) in [6.07, 6.45) is 0. The first-order valence-electron chi connectivity index (χ1n) is 9.14. The van der Waals surface area contributed by atoms with Crippen molar-refractivity contribution in [1.29, 1.82) is 0 Å². The molecule has 0 aliphatic carbocycles. The van der Waals surface area contributed by atoms with Gasteiger partial charge in [0.2, 0.25) is 5.91 Å². The van der Waals surface area contributed by atoms with Crippen LogP contribution in [0.15, 0.2) is 54.6 Å². The lowest BCUT2D eigenvalue weighted by molar-refractivity contribution is -0.126. The average molecular weight is 372 g/mol. The van der Waals surface area contributed by atoms with E-state index in [2.05, 4.69) is 21.2 Å². The van der Waals surface area contributed by atoms with Crippen molar-refractivity contribution in [2.45, 2.75) is 25.9 Å². The predicted molar refractivity (Wildman–Crippen MR) is 108 cm³/mol. The van der Waals surface area contributed by atoms with E-state index in [0.29, 0.717) is 0 Å². The van der Waals surface area contributed by atoms with Crippen LogP contribution in [-0.2, 0) is 4.79 Å². The van der Waals surface area contributed by atoms with Crippen LogP contribution in [0.3, 0.4) is 0 Å². The number of amides is 1. The third-order valence-electron chi connectivity index (χ3n) is 5.07. The molecular formula is C21H26ClN3O. The van der Waals surface area contributed by atoms with Gasteiger partial charge >= 0.3 is 0 Å². The molecule has 1 heterocycles. The molecule has 0 aromatic heterocycles. The van der Waals surface area contributed by atoms with Gasteiger partial charge in [-0.05, 0) is 37.6 Å². The minimum atomic E-state index is -0.136. The van der Waals surface area contributed by atoms with Crippen molar-refractivity contribution < 1.29 is 4.79 Å². The van der Waals surface area contributed by atoms with E-state index in [1.165, 1.54) is 0 Å². The number of hydrogen-bond donors (Lipinski definition) is 1. The van der Waals surface area contributed by atoms with Crippen molar-refractivity contribution in [3.63, 3.8) is 0 Å². The zero-order chi connectivity index (χ0) is 18.5. The number of carbonyl (C=O) groups is 1. The highest BCUT2D eigenvalue weighted by Crippen LogP contribution is 2.21. The Kier molecular flexibility index (Phi) is 6.17. The van der Waals surface area contributed by atoms with Gasteiger partial charge in [0.05, 0.1) is 12.1 Å². The Labute approximate surface area is 160 Å². The van der Waals surface area contributed by atoms with Gasteiger partial charge in [0.25, 0.3) is 0 Å². The Morgan fingerprint density at radius 1 is 1.00 bits per heavy atom. The topological polar surface area (TPSA) is 35.6 Å². The fourth-order valence-corrected chi connectivity index (χ4v) is 3.55. The lowest BCUT2D eigenvalue weighted by atomic mass is 10.1. The Morgan fingerprint density at radius 2 is 1.69 bits per heavy atom. The highest BCUT2D eigenvalue weighted by atomic mass is 35.5. The quantitative estimate of drug-likeness (QED) is 0.869. The zero-order valence-corrected chi connectivity index (χ0v) is 16.1. The van der Waals surface area contributed by atoms with Crippen LogP contribution in [0.5, 0.6) is 0 Å². The van der Waals surface area contributed by atoms with Crippen molar-refractivity contribution >= 4 is 23.2 Å². The number of hydrogen-bond acceptors (Lipinski definition) is 3. The minimum Gasteiger partial charge on any atom is -0.369 e. The lowest BCUT2D eigenvalue weighted by Crippen LogP contribution is -2.54. The molecule has 0 spiro atoms. The third-order valence-corrected chi connectivity index (χ3v) is 5.31. The summed E-state index contributed by atoms with van der Waals surface area (Å²) in [6.45, 7) is 7.53. The fourth-order valence-electron chi connectivity index (χ4n) is 3.37. The van der Waals surface area contributed by atoms with Crippen LogP contribution >= 0.6 is 11.6 Å².